The van der Waals surface area contributed by atoms with Crippen molar-refractivity contribution in [1.29, 1.82) is 0 Å². The van der Waals surface area contributed by atoms with Gasteiger partial charge in [-0.25, -0.2) is 0 Å². The number of phenols is 1. The number of H-pyrrole nitrogens is 1. The van der Waals surface area contributed by atoms with Crippen LogP contribution in [0.2, 0.25) is 0 Å². The fraction of sp³-hybridized carbons (Fsp3) is 0.182. The minimum absolute atomic E-state index is 0.0781. The van der Waals surface area contributed by atoms with Crippen molar-refractivity contribution in [1.82, 2.24) is 9.88 Å². The first-order chi connectivity index (χ1) is 7.08. The molecule has 1 aromatic heterocycles. The normalized spacial score (nSPS) is 10.5. The summed E-state index contributed by atoms with van der Waals surface area (Å²) in [5.41, 5.74) is 1.29. The predicted molar refractivity (Wildman–Crippen MR) is 58.0 cm³/mol. The molecule has 1 aromatic carbocycles. The topological polar surface area (TPSA) is 56.3 Å². The molecule has 0 saturated carbocycles. The predicted octanol–water partition coefficient (Wildman–Crippen LogP) is 1.58. The average Bonchev–Trinajstić information content (AvgIpc) is 2.58. The third-order valence-electron chi connectivity index (χ3n) is 2.24. The maximum atomic E-state index is 11.6. The van der Waals surface area contributed by atoms with E-state index in [1.54, 1.807) is 38.4 Å². The Hall–Kier alpha value is -1.97. The molecule has 0 bridgehead atoms. The van der Waals surface area contributed by atoms with Gasteiger partial charge in [-0.05, 0) is 18.2 Å². The molecule has 0 saturated heterocycles. The Morgan fingerprint density at radius 2 is 2.07 bits per heavy atom. The molecule has 2 aromatic rings. The van der Waals surface area contributed by atoms with E-state index in [0.29, 0.717) is 5.69 Å². The van der Waals surface area contributed by atoms with Crippen LogP contribution in [0.25, 0.3) is 10.9 Å². The molecular weight excluding hydrogens is 192 g/mol. The number of hydrogen-bond donors (Lipinski definition) is 2. The molecule has 0 spiro atoms. The third-order valence-corrected chi connectivity index (χ3v) is 2.24. The molecule has 0 aliphatic carbocycles. The maximum Gasteiger partial charge on any atom is 0.269 e. The van der Waals surface area contributed by atoms with Crippen LogP contribution in [0.5, 0.6) is 5.75 Å². The lowest BCUT2D eigenvalue weighted by molar-refractivity contribution is 0.0823. The molecule has 1 amide bonds. The molecule has 2 N–H and O–H groups in total. The number of nitrogens with zero attached hydrogens (tertiary/aromatic N) is 1. The van der Waals surface area contributed by atoms with Crippen LogP contribution in [-0.4, -0.2) is 35.0 Å². The summed E-state index contributed by atoms with van der Waals surface area (Å²) in [7, 11) is 3.40. The van der Waals surface area contributed by atoms with Crippen LogP contribution in [0.4, 0.5) is 0 Å². The molecule has 78 valence electrons. The summed E-state index contributed by atoms with van der Waals surface area (Å²) in [6.45, 7) is 0. The van der Waals surface area contributed by atoms with Crippen molar-refractivity contribution in [2.75, 3.05) is 14.1 Å². The number of hydrogen-bond acceptors (Lipinski definition) is 2. The van der Waals surface area contributed by atoms with Gasteiger partial charge in [0.15, 0.2) is 0 Å². The Morgan fingerprint density at radius 3 is 2.73 bits per heavy atom. The molecule has 0 unspecified atom stereocenters. The SMILES string of the molecule is CN(C)C(=O)c1cc2ccc(O)cc2[nH]1. The van der Waals surface area contributed by atoms with E-state index in [9.17, 15) is 9.90 Å². The Bertz CT molecular complexity index is 514. The number of aromatic hydroxyl groups is 1. The van der Waals surface area contributed by atoms with Gasteiger partial charge in [0.2, 0.25) is 0 Å². The second-order valence-corrected chi connectivity index (χ2v) is 3.65. The number of aromatic nitrogens is 1. The fourth-order valence-corrected chi connectivity index (χ4v) is 1.47. The minimum atomic E-state index is -0.0781. The van der Waals surface area contributed by atoms with Gasteiger partial charge < -0.3 is 15.0 Å². The zero-order valence-corrected chi connectivity index (χ0v) is 8.61. The largest absolute Gasteiger partial charge is 0.508 e. The average molecular weight is 204 g/mol. The van der Waals surface area contributed by atoms with Gasteiger partial charge in [-0.3, -0.25) is 4.79 Å². The maximum absolute atomic E-state index is 11.6. The quantitative estimate of drug-likeness (QED) is 0.740. The van der Waals surface area contributed by atoms with Gasteiger partial charge >= 0.3 is 0 Å². The van der Waals surface area contributed by atoms with Gasteiger partial charge in [0.05, 0.1) is 0 Å². The van der Waals surface area contributed by atoms with Crippen LogP contribution in [0.3, 0.4) is 0 Å². The standard InChI is InChI=1S/C11H12N2O2/c1-13(2)11(15)10-5-7-3-4-8(14)6-9(7)12-10/h3-6,12,14H,1-2H3. The van der Waals surface area contributed by atoms with Gasteiger partial charge in [0.25, 0.3) is 5.91 Å². The summed E-state index contributed by atoms with van der Waals surface area (Å²) in [5, 5.41) is 10.2. The first kappa shape index (κ1) is 9.58. The van der Waals surface area contributed by atoms with Gasteiger partial charge in [0, 0.05) is 31.1 Å². The van der Waals surface area contributed by atoms with Crippen molar-refractivity contribution < 1.29 is 9.90 Å². The van der Waals surface area contributed by atoms with E-state index in [1.165, 1.54) is 4.90 Å². The van der Waals surface area contributed by atoms with E-state index in [2.05, 4.69) is 4.98 Å². The van der Waals surface area contributed by atoms with Crippen molar-refractivity contribution in [3.05, 3.63) is 30.0 Å². The lowest BCUT2D eigenvalue weighted by Crippen LogP contribution is -2.21. The Kier molecular flexibility index (Phi) is 2.11. The second-order valence-electron chi connectivity index (χ2n) is 3.65. The summed E-state index contributed by atoms with van der Waals surface area (Å²) >= 11 is 0. The van der Waals surface area contributed by atoms with E-state index in [-0.39, 0.29) is 11.7 Å². The first-order valence-electron chi connectivity index (χ1n) is 4.61. The Balaban J connectivity index is 2.52. The van der Waals surface area contributed by atoms with Crippen LogP contribution >= 0.6 is 0 Å². The summed E-state index contributed by atoms with van der Waals surface area (Å²) < 4.78 is 0. The lowest BCUT2D eigenvalue weighted by atomic mass is 10.2. The van der Waals surface area contributed by atoms with Crippen molar-refractivity contribution in [3.63, 3.8) is 0 Å². The Morgan fingerprint density at radius 1 is 1.33 bits per heavy atom. The molecule has 1 heterocycles. The van der Waals surface area contributed by atoms with Crippen molar-refractivity contribution >= 4 is 16.8 Å². The van der Waals surface area contributed by atoms with Gasteiger partial charge in [-0.15, -0.1) is 0 Å². The molecular formula is C11H12N2O2. The summed E-state index contributed by atoms with van der Waals surface area (Å²) in [4.78, 5) is 16.1. The zero-order chi connectivity index (χ0) is 11.0. The number of fused-ring (bicyclic) bond motifs is 1. The van der Waals surface area contributed by atoms with Crippen LogP contribution < -0.4 is 0 Å². The fourth-order valence-electron chi connectivity index (χ4n) is 1.47. The van der Waals surface area contributed by atoms with Crippen molar-refractivity contribution in [2.45, 2.75) is 0 Å². The first-order valence-corrected chi connectivity index (χ1v) is 4.61. The number of carbonyl (C=O) groups excluding carboxylic acids is 1. The summed E-state index contributed by atoms with van der Waals surface area (Å²) in [6.07, 6.45) is 0. The summed E-state index contributed by atoms with van der Waals surface area (Å²) in [6, 6.07) is 6.74. The highest BCUT2D eigenvalue weighted by Crippen LogP contribution is 2.20. The number of amides is 1. The van der Waals surface area contributed by atoms with Gasteiger partial charge in [0.1, 0.15) is 11.4 Å². The van der Waals surface area contributed by atoms with Crippen LogP contribution in [0.1, 0.15) is 10.5 Å². The molecule has 0 aliphatic rings. The third kappa shape index (κ3) is 1.66. The highest BCUT2D eigenvalue weighted by molar-refractivity contribution is 5.97. The second kappa shape index (κ2) is 3.31. The number of nitrogens with one attached hydrogen (secondary N) is 1. The number of benzene rings is 1. The van der Waals surface area contributed by atoms with E-state index in [0.717, 1.165) is 10.9 Å². The van der Waals surface area contributed by atoms with Crippen LogP contribution in [0, 0.1) is 0 Å². The van der Waals surface area contributed by atoms with Gasteiger partial charge in [-0.2, -0.15) is 0 Å². The lowest BCUT2D eigenvalue weighted by Gasteiger charge is -2.07. The number of rotatable bonds is 1. The van der Waals surface area contributed by atoms with Crippen molar-refractivity contribution in [2.24, 2.45) is 0 Å². The molecule has 4 heteroatoms. The van der Waals surface area contributed by atoms with Crippen LogP contribution in [0.15, 0.2) is 24.3 Å². The number of phenolic OH excluding ortho intramolecular Hbond substituents is 1. The molecule has 15 heavy (non-hydrogen) atoms. The molecule has 0 radical (unpaired) electrons. The Labute approximate surface area is 87.1 Å². The molecule has 0 atom stereocenters. The molecule has 0 aliphatic heterocycles. The van der Waals surface area contributed by atoms with E-state index in [1.807, 2.05) is 0 Å². The molecule has 4 nitrogen and oxygen atoms in total. The highest BCUT2D eigenvalue weighted by Gasteiger charge is 2.10. The van der Waals surface area contributed by atoms with E-state index < -0.39 is 0 Å². The minimum Gasteiger partial charge on any atom is -0.508 e. The van der Waals surface area contributed by atoms with Gasteiger partial charge in [-0.1, -0.05) is 0 Å². The molecule has 2 rings (SSSR count). The highest BCUT2D eigenvalue weighted by atomic mass is 16.3. The number of carbonyl (C=O) groups is 1. The molecule has 0 fully saturated rings. The van der Waals surface area contributed by atoms with Crippen LogP contribution in [-0.2, 0) is 0 Å². The monoisotopic (exact) mass is 204 g/mol. The van der Waals surface area contributed by atoms with E-state index >= 15 is 0 Å². The summed E-state index contributed by atoms with van der Waals surface area (Å²) in [5.74, 6) is 0.110. The number of aromatic amines is 1. The zero-order valence-electron chi connectivity index (χ0n) is 8.61. The van der Waals surface area contributed by atoms with Crippen molar-refractivity contribution in [3.8, 4) is 5.75 Å². The van der Waals surface area contributed by atoms with E-state index in [4.69, 9.17) is 0 Å². The smallest absolute Gasteiger partial charge is 0.269 e.